The fourth-order valence-electron chi connectivity index (χ4n) is 2.16. The molecule has 2 aromatic carbocycles. The van der Waals surface area contributed by atoms with Gasteiger partial charge in [-0.1, -0.05) is 24.3 Å². The predicted molar refractivity (Wildman–Crippen MR) is 89.3 cm³/mol. The predicted octanol–water partition coefficient (Wildman–Crippen LogP) is 2.89. The zero-order valence-corrected chi connectivity index (χ0v) is 12.9. The number of carbonyl (C=O) groups is 1. The van der Waals surface area contributed by atoms with Gasteiger partial charge in [-0.05, 0) is 36.2 Å². The van der Waals surface area contributed by atoms with E-state index >= 15 is 0 Å². The standard InChI is InChI=1S/C17H19N3O3/c1-13(21)19-16-6-2-14(3-7-16)10-11-18-12-15-4-8-17(9-5-15)20(22)23/h2-9,18H,10-12H2,1H3,(H,19,21). The zero-order chi connectivity index (χ0) is 16.7. The fourth-order valence-corrected chi connectivity index (χ4v) is 2.16. The number of anilines is 1. The third kappa shape index (κ3) is 5.52. The number of nitro benzene ring substituents is 1. The first kappa shape index (κ1) is 16.6. The van der Waals surface area contributed by atoms with E-state index in [1.54, 1.807) is 12.1 Å². The van der Waals surface area contributed by atoms with E-state index in [0.29, 0.717) is 6.54 Å². The van der Waals surface area contributed by atoms with Gasteiger partial charge in [0.05, 0.1) is 4.92 Å². The molecule has 6 nitrogen and oxygen atoms in total. The summed E-state index contributed by atoms with van der Waals surface area (Å²) >= 11 is 0. The Morgan fingerprint density at radius 2 is 1.65 bits per heavy atom. The molecule has 0 fully saturated rings. The lowest BCUT2D eigenvalue weighted by molar-refractivity contribution is -0.384. The molecule has 0 spiro atoms. The summed E-state index contributed by atoms with van der Waals surface area (Å²) in [6.45, 7) is 2.95. The van der Waals surface area contributed by atoms with Crippen molar-refractivity contribution in [3.8, 4) is 0 Å². The molecule has 2 rings (SSSR count). The van der Waals surface area contributed by atoms with Crippen molar-refractivity contribution in [2.45, 2.75) is 19.9 Å². The highest BCUT2D eigenvalue weighted by Gasteiger charge is 2.03. The van der Waals surface area contributed by atoms with Gasteiger partial charge < -0.3 is 10.6 Å². The van der Waals surface area contributed by atoms with E-state index in [1.807, 2.05) is 24.3 Å². The number of nitro groups is 1. The van der Waals surface area contributed by atoms with Crippen molar-refractivity contribution in [3.05, 3.63) is 69.8 Å². The molecule has 23 heavy (non-hydrogen) atoms. The van der Waals surface area contributed by atoms with Crippen LogP contribution in [0.5, 0.6) is 0 Å². The Hall–Kier alpha value is -2.73. The number of hydrogen-bond donors (Lipinski definition) is 2. The summed E-state index contributed by atoms with van der Waals surface area (Å²) in [6.07, 6.45) is 0.868. The molecule has 2 aromatic rings. The van der Waals surface area contributed by atoms with Crippen LogP contribution in [-0.4, -0.2) is 17.4 Å². The lowest BCUT2D eigenvalue weighted by Gasteiger charge is -2.07. The second kappa shape index (κ2) is 8.05. The lowest BCUT2D eigenvalue weighted by atomic mass is 10.1. The van der Waals surface area contributed by atoms with Gasteiger partial charge in [0.25, 0.3) is 5.69 Å². The number of rotatable bonds is 7. The number of hydrogen-bond acceptors (Lipinski definition) is 4. The average molecular weight is 313 g/mol. The van der Waals surface area contributed by atoms with Crippen LogP contribution in [0.25, 0.3) is 0 Å². The van der Waals surface area contributed by atoms with Gasteiger partial charge in [-0.2, -0.15) is 0 Å². The van der Waals surface area contributed by atoms with Crippen LogP contribution < -0.4 is 10.6 Å². The van der Waals surface area contributed by atoms with Gasteiger partial charge in [-0.25, -0.2) is 0 Å². The Balaban J connectivity index is 1.74. The molecule has 1 amide bonds. The Morgan fingerprint density at radius 3 is 2.22 bits per heavy atom. The Kier molecular flexibility index (Phi) is 5.82. The summed E-state index contributed by atoms with van der Waals surface area (Å²) in [7, 11) is 0. The normalized spacial score (nSPS) is 10.3. The van der Waals surface area contributed by atoms with E-state index in [9.17, 15) is 14.9 Å². The number of amides is 1. The van der Waals surface area contributed by atoms with Crippen LogP contribution in [-0.2, 0) is 17.8 Å². The van der Waals surface area contributed by atoms with Crippen molar-refractivity contribution in [3.63, 3.8) is 0 Å². The topological polar surface area (TPSA) is 84.3 Å². The van der Waals surface area contributed by atoms with Gasteiger partial charge in [-0.15, -0.1) is 0 Å². The Morgan fingerprint density at radius 1 is 1.04 bits per heavy atom. The Bertz CT molecular complexity index is 666. The van der Waals surface area contributed by atoms with Gasteiger partial charge in [0.2, 0.25) is 5.91 Å². The van der Waals surface area contributed by atoms with Crippen LogP contribution in [0, 0.1) is 10.1 Å². The average Bonchev–Trinajstić information content (AvgIpc) is 2.53. The van der Waals surface area contributed by atoms with Crippen molar-refractivity contribution in [1.82, 2.24) is 5.32 Å². The minimum absolute atomic E-state index is 0.0810. The summed E-state index contributed by atoms with van der Waals surface area (Å²) in [5.74, 6) is -0.0810. The summed E-state index contributed by atoms with van der Waals surface area (Å²) < 4.78 is 0. The van der Waals surface area contributed by atoms with E-state index in [4.69, 9.17) is 0 Å². The summed E-state index contributed by atoms with van der Waals surface area (Å²) in [5, 5.41) is 16.6. The molecular weight excluding hydrogens is 294 g/mol. The van der Waals surface area contributed by atoms with Crippen LogP contribution in [0.2, 0.25) is 0 Å². The largest absolute Gasteiger partial charge is 0.326 e. The highest BCUT2D eigenvalue weighted by atomic mass is 16.6. The molecule has 0 atom stereocenters. The lowest BCUT2D eigenvalue weighted by Crippen LogP contribution is -2.16. The molecule has 0 aliphatic rings. The fraction of sp³-hybridized carbons (Fsp3) is 0.235. The summed E-state index contributed by atoms with van der Waals surface area (Å²) in [4.78, 5) is 21.1. The first-order valence-electron chi connectivity index (χ1n) is 7.35. The van der Waals surface area contributed by atoms with Gasteiger partial charge in [-0.3, -0.25) is 14.9 Å². The molecule has 120 valence electrons. The van der Waals surface area contributed by atoms with Crippen molar-refractivity contribution in [2.75, 3.05) is 11.9 Å². The minimum Gasteiger partial charge on any atom is -0.326 e. The molecular formula is C17H19N3O3. The van der Waals surface area contributed by atoms with E-state index in [2.05, 4.69) is 10.6 Å². The molecule has 6 heteroatoms. The Labute approximate surface area is 134 Å². The zero-order valence-electron chi connectivity index (χ0n) is 12.9. The van der Waals surface area contributed by atoms with Gasteiger partial charge in [0, 0.05) is 31.3 Å². The molecule has 0 aliphatic heterocycles. The van der Waals surface area contributed by atoms with E-state index in [1.165, 1.54) is 24.6 Å². The molecule has 2 N–H and O–H groups in total. The van der Waals surface area contributed by atoms with Crippen LogP contribution in [0.15, 0.2) is 48.5 Å². The van der Waals surface area contributed by atoms with Crippen LogP contribution in [0.1, 0.15) is 18.1 Å². The number of non-ortho nitro benzene ring substituents is 1. The molecule has 0 saturated heterocycles. The molecule has 0 saturated carbocycles. The summed E-state index contributed by atoms with van der Waals surface area (Å²) in [5.41, 5.74) is 3.08. The van der Waals surface area contributed by atoms with Crippen LogP contribution >= 0.6 is 0 Å². The minimum atomic E-state index is -0.401. The smallest absolute Gasteiger partial charge is 0.269 e. The second-order valence-electron chi connectivity index (χ2n) is 5.23. The van der Waals surface area contributed by atoms with Crippen molar-refractivity contribution < 1.29 is 9.72 Å². The maximum atomic E-state index is 10.9. The van der Waals surface area contributed by atoms with Crippen molar-refractivity contribution >= 4 is 17.3 Å². The van der Waals surface area contributed by atoms with E-state index in [-0.39, 0.29) is 11.6 Å². The van der Waals surface area contributed by atoms with Crippen LogP contribution in [0.3, 0.4) is 0 Å². The van der Waals surface area contributed by atoms with E-state index < -0.39 is 4.92 Å². The highest BCUT2D eigenvalue weighted by molar-refractivity contribution is 5.88. The van der Waals surface area contributed by atoms with E-state index in [0.717, 1.165) is 24.2 Å². The maximum absolute atomic E-state index is 10.9. The molecule has 0 heterocycles. The molecule has 0 aromatic heterocycles. The van der Waals surface area contributed by atoms with Gasteiger partial charge in [0.1, 0.15) is 0 Å². The first-order valence-corrected chi connectivity index (χ1v) is 7.35. The highest BCUT2D eigenvalue weighted by Crippen LogP contribution is 2.12. The molecule has 0 aliphatic carbocycles. The molecule has 0 radical (unpaired) electrons. The number of nitrogens with one attached hydrogen (secondary N) is 2. The molecule has 0 bridgehead atoms. The first-order chi connectivity index (χ1) is 11.0. The number of nitrogens with zero attached hydrogens (tertiary/aromatic N) is 1. The number of carbonyl (C=O) groups excluding carboxylic acids is 1. The second-order valence-corrected chi connectivity index (χ2v) is 5.23. The number of benzene rings is 2. The monoisotopic (exact) mass is 313 g/mol. The van der Waals surface area contributed by atoms with Crippen LogP contribution in [0.4, 0.5) is 11.4 Å². The van der Waals surface area contributed by atoms with Crippen molar-refractivity contribution in [1.29, 1.82) is 0 Å². The SMILES string of the molecule is CC(=O)Nc1ccc(CCNCc2ccc([N+](=O)[O-])cc2)cc1. The summed E-state index contributed by atoms with van der Waals surface area (Å²) in [6, 6.07) is 14.3. The van der Waals surface area contributed by atoms with Crippen molar-refractivity contribution in [2.24, 2.45) is 0 Å². The van der Waals surface area contributed by atoms with Gasteiger partial charge >= 0.3 is 0 Å². The third-order valence-electron chi connectivity index (χ3n) is 3.34. The quantitative estimate of drug-likeness (QED) is 0.467. The maximum Gasteiger partial charge on any atom is 0.269 e. The molecule has 0 unspecified atom stereocenters. The van der Waals surface area contributed by atoms with Gasteiger partial charge in [0.15, 0.2) is 0 Å². The third-order valence-corrected chi connectivity index (χ3v) is 3.34.